The number of hydrogen-bond donors (Lipinski definition) is 1. The van der Waals surface area contributed by atoms with Crippen molar-refractivity contribution in [1.29, 1.82) is 0 Å². The van der Waals surface area contributed by atoms with Crippen LogP contribution in [0.4, 0.5) is 0 Å². The molecule has 1 fully saturated rings. The summed E-state index contributed by atoms with van der Waals surface area (Å²) in [5.74, 6) is 0.735. The monoisotopic (exact) mass is 553 g/mol. The van der Waals surface area contributed by atoms with Gasteiger partial charge in [0.1, 0.15) is 28.5 Å². The zero-order valence-electron chi connectivity index (χ0n) is 22.8. The van der Waals surface area contributed by atoms with E-state index in [0.29, 0.717) is 13.2 Å². The summed E-state index contributed by atoms with van der Waals surface area (Å²) in [7, 11) is 1.65. The first kappa shape index (κ1) is 27.9. The van der Waals surface area contributed by atoms with Crippen molar-refractivity contribution in [3.8, 4) is 5.75 Å². The number of para-hydroxylation sites is 1. The van der Waals surface area contributed by atoms with Crippen LogP contribution in [0.2, 0.25) is 0 Å². The van der Waals surface area contributed by atoms with E-state index in [9.17, 15) is 5.11 Å². The molecule has 2 heterocycles. The van der Waals surface area contributed by atoms with Crippen molar-refractivity contribution in [2.75, 3.05) is 33.4 Å². The Morgan fingerprint density at radius 1 is 0.900 bits per heavy atom. The Labute approximate surface area is 240 Å². The van der Waals surface area contributed by atoms with Gasteiger partial charge in [-0.15, -0.1) is 10.2 Å². The minimum atomic E-state index is -0.579. The first-order valence-corrected chi connectivity index (χ1v) is 14.5. The number of rotatable bonds is 11. The molecule has 0 amide bonds. The van der Waals surface area contributed by atoms with Crippen LogP contribution in [0.15, 0.2) is 90.5 Å². The van der Waals surface area contributed by atoms with Crippen molar-refractivity contribution in [3.63, 3.8) is 0 Å². The summed E-state index contributed by atoms with van der Waals surface area (Å²) in [5, 5.41) is 20.8. The molecule has 0 radical (unpaired) electrons. The molecule has 1 atom stereocenters. The number of benzene rings is 3. The maximum atomic E-state index is 10.8. The first-order valence-electron chi connectivity index (χ1n) is 13.6. The fraction of sp³-hybridized carbons (Fsp3) is 0.273. The summed E-state index contributed by atoms with van der Waals surface area (Å²) >= 11 is 1.50. The van der Waals surface area contributed by atoms with Crippen LogP contribution in [0, 0.1) is 0 Å². The van der Waals surface area contributed by atoms with Gasteiger partial charge in [0.05, 0.1) is 6.61 Å². The van der Waals surface area contributed by atoms with E-state index in [-0.39, 0.29) is 6.61 Å². The molecule has 1 aliphatic rings. The molecule has 0 saturated carbocycles. The Bertz CT molecular complexity index is 1370. The zero-order chi connectivity index (χ0) is 27.6. The van der Waals surface area contributed by atoms with Crippen LogP contribution >= 0.6 is 11.3 Å². The van der Waals surface area contributed by atoms with Crippen molar-refractivity contribution in [1.82, 2.24) is 15.1 Å². The molecule has 1 aromatic heterocycles. The van der Waals surface area contributed by atoms with Crippen LogP contribution in [0.1, 0.15) is 39.5 Å². The fourth-order valence-corrected chi connectivity index (χ4v) is 5.72. The smallest absolute Gasteiger partial charge is 0.143 e. The number of hydrogen-bond acceptors (Lipinski definition) is 7. The second-order valence-electron chi connectivity index (χ2n) is 9.81. The molecule has 4 aromatic rings. The normalized spacial score (nSPS) is 14.9. The standard InChI is InChI=1S/C33H35N3O3S/c1-38-24-32-35-34-31(40-32)17-16-25-10-8-9-15-30(25)39-23-29(37)22-36-20-18-28(19-21-36)33(26-11-4-2-5-12-26)27-13-6-3-7-14-27/h2-17,29,37H,18-24H2,1H3. The van der Waals surface area contributed by atoms with Crippen molar-refractivity contribution in [3.05, 3.63) is 117 Å². The van der Waals surface area contributed by atoms with Crippen LogP contribution in [0.3, 0.4) is 0 Å². The van der Waals surface area contributed by atoms with Gasteiger partial charge in [0.2, 0.25) is 0 Å². The van der Waals surface area contributed by atoms with Crippen molar-refractivity contribution in [2.45, 2.75) is 25.6 Å². The summed E-state index contributed by atoms with van der Waals surface area (Å²) in [6, 6.07) is 29.2. The van der Waals surface area contributed by atoms with E-state index in [2.05, 4.69) is 75.8 Å². The predicted octanol–water partition coefficient (Wildman–Crippen LogP) is 6.19. The molecule has 1 aliphatic heterocycles. The second kappa shape index (κ2) is 14.1. The van der Waals surface area contributed by atoms with E-state index < -0.39 is 6.10 Å². The Morgan fingerprint density at radius 3 is 2.23 bits per heavy atom. The molecule has 0 spiro atoms. The maximum absolute atomic E-state index is 10.8. The fourth-order valence-electron chi connectivity index (χ4n) is 5.00. The average molecular weight is 554 g/mol. The van der Waals surface area contributed by atoms with Gasteiger partial charge in [-0.25, -0.2) is 0 Å². The average Bonchev–Trinajstić information content (AvgIpc) is 3.45. The third-order valence-corrected chi connectivity index (χ3v) is 7.78. The van der Waals surface area contributed by atoms with E-state index >= 15 is 0 Å². The molecule has 0 aliphatic carbocycles. The molecule has 0 bridgehead atoms. The molecule has 6 nitrogen and oxygen atoms in total. The number of likely N-dealkylation sites (tertiary alicyclic amines) is 1. The maximum Gasteiger partial charge on any atom is 0.143 e. The molecular weight excluding hydrogens is 518 g/mol. The van der Waals surface area contributed by atoms with Crippen molar-refractivity contribution >= 4 is 29.1 Å². The SMILES string of the molecule is COCc1nnc(C=Cc2ccccc2OCC(O)CN2CCC(=C(c3ccccc3)c3ccccc3)CC2)s1. The number of piperidine rings is 1. The summed E-state index contributed by atoms with van der Waals surface area (Å²) in [6.07, 6.45) is 5.28. The number of aliphatic hydroxyl groups is 1. The van der Waals surface area contributed by atoms with Crippen LogP contribution in [0.25, 0.3) is 17.7 Å². The minimum Gasteiger partial charge on any atom is -0.490 e. The number of β-amino-alcohol motifs (C(OH)–C–C–N with tert-alkyl or cyclic N) is 1. The van der Waals surface area contributed by atoms with E-state index in [1.54, 1.807) is 7.11 Å². The quantitative estimate of drug-likeness (QED) is 0.239. The van der Waals surface area contributed by atoms with Gasteiger partial charge >= 0.3 is 0 Å². The molecule has 206 valence electrons. The highest BCUT2D eigenvalue weighted by Gasteiger charge is 2.21. The number of aliphatic hydroxyl groups excluding tert-OH is 1. The van der Waals surface area contributed by atoms with Gasteiger partial charge in [0.15, 0.2) is 0 Å². The lowest BCUT2D eigenvalue weighted by molar-refractivity contribution is 0.0655. The topological polar surface area (TPSA) is 67.7 Å². The number of aromatic nitrogens is 2. The van der Waals surface area contributed by atoms with Crippen LogP contribution in [-0.4, -0.2) is 59.7 Å². The van der Waals surface area contributed by atoms with Gasteiger partial charge in [-0.05, 0) is 47.8 Å². The van der Waals surface area contributed by atoms with Gasteiger partial charge in [0.25, 0.3) is 0 Å². The number of nitrogens with zero attached hydrogens (tertiary/aromatic N) is 3. The van der Waals surface area contributed by atoms with E-state index in [1.165, 1.54) is 33.6 Å². The van der Waals surface area contributed by atoms with Gasteiger partial charge in [-0.1, -0.05) is 95.8 Å². The molecule has 1 N–H and O–H groups in total. The third kappa shape index (κ3) is 7.52. The highest BCUT2D eigenvalue weighted by atomic mass is 32.1. The lowest BCUT2D eigenvalue weighted by atomic mass is 9.88. The van der Waals surface area contributed by atoms with Gasteiger partial charge in [-0.3, -0.25) is 4.90 Å². The van der Waals surface area contributed by atoms with Crippen molar-refractivity contribution < 1.29 is 14.6 Å². The summed E-state index contributed by atoms with van der Waals surface area (Å²) in [5.41, 5.74) is 6.28. The van der Waals surface area contributed by atoms with Gasteiger partial charge in [0, 0.05) is 32.3 Å². The van der Waals surface area contributed by atoms with E-state index in [1.807, 2.05) is 36.4 Å². The molecule has 1 saturated heterocycles. The van der Waals surface area contributed by atoms with Gasteiger partial charge < -0.3 is 14.6 Å². The van der Waals surface area contributed by atoms with E-state index in [0.717, 1.165) is 47.3 Å². The highest BCUT2D eigenvalue weighted by molar-refractivity contribution is 7.12. The lowest BCUT2D eigenvalue weighted by Crippen LogP contribution is -2.39. The lowest BCUT2D eigenvalue weighted by Gasteiger charge is -2.31. The second-order valence-corrected chi connectivity index (χ2v) is 10.9. The first-order chi connectivity index (χ1) is 19.7. The third-order valence-electron chi connectivity index (χ3n) is 6.91. The van der Waals surface area contributed by atoms with Crippen molar-refractivity contribution in [2.24, 2.45) is 0 Å². The summed E-state index contributed by atoms with van der Waals surface area (Å²) < 4.78 is 11.2. The van der Waals surface area contributed by atoms with E-state index in [4.69, 9.17) is 9.47 Å². The largest absolute Gasteiger partial charge is 0.490 e. The summed E-state index contributed by atoms with van der Waals surface area (Å²) in [4.78, 5) is 2.34. The molecule has 3 aromatic carbocycles. The summed E-state index contributed by atoms with van der Waals surface area (Å²) in [6.45, 7) is 3.12. The number of methoxy groups -OCH3 is 1. The minimum absolute atomic E-state index is 0.236. The molecule has 5 rings (SSSR count). The Morgan fingerprint density at radius 2 is 1.55 bits per heavy atom. The molecule has 1 unspecified atom stereocenters. The Hall–Kier alpha value is -3.62. The molecule has 40 heavy (non-hydrogen) atoms. The Kier molecular flexibility index (Phi) is 9.87. The zero-order valence-corrected chi connectivity index (χ0v) is 23.6. The Balaban J connectivity index is 1.17. The predicted molar refractivity (Wildman–Crippen MR) is 162 cm³/mol. The highest BCUT2D eigenvalue weighted by Crippen LogP contribution is 2.32. The van der Waals surface area contributed by atoms with Crippen LogP contribution < -0.4 is 4.74 Å². The van der Waals surface area contributed by atoms with Crippen LogP contribution in [-0.2, 0) is 11.3 Å². The molecular formula is C33H35N3O3S. The van der Waals surface area contributed by atoms with Gasteiger partial charge in [-0.2, -0.15) is 0 Å². The number of ether oxygens (including phenoxy) is 2. The molecule has 7 heteroatoms. The van der Waals surface area contributed by atoms with Crippen LogP contribution in [0.5, 0.6) is 5.75 Å².